The van der Waals surface area contributed by atoms with Gasteiger partial charge in [-0.1, -0.05) is 17.7 Å². The quantitative estimate of drug-likeness (QED) is 0.383. The molecule has 1 fully saturated rings. The summed E-state index contributed by atoms with van der Waals surface area (Å²) in [6, 6.07) is 11.3. The van der Waals surface area contributed by atoms with Crippen LogP contribution >= 0.6 is 11.6 Å². The number of hydrogen-bond acceptors (Lipinski definition) is 6. The first-order valence-electron chi connectivity index (χ1n) is 11.6. The minimum Gasteiger partial charge on any atom is -0.507 e. The average Bonchev–Trinajstić information content (AvgIpc) is 3.23. The number of pyridine rings is 1. The predicted octanol–water partition coefficient (Wildman–Crippen LogP) is 3.14. The summed E-state index contributed by atoms with van der Waals surface area (Å²) in [5.41, 5.74) is 7.88. The number of rotatable bonds is 5. The van der Waals surface area contributed by atoms with Crippen molar-refractivity contribution in [3.05, 3.63) is 82.4 Å². The molecule has 2 aromatic heterocycles. The summed E-state index contributed by atoms with van der Waals surface area (Å²) >= 11 is 6.50. The summed E-state index contributed by atoms with van der Waals surface area (Å²) in [6.45, 7) is 2.78. The SMILES string of the molecule is Cn1ccn(-c2ccc(-c3cc(F)cc(-c4ccnc(N5CCN[C@H](CN)C5)c4)c3O)cc2Cl)c1=O. The first-order valence-corrected chi connectivity index (χ1v) is 11.9. The minimum atomic E-state index is -0.499. The predicted molar refractivity (Wildman–Crippen MR) is 139 cm³/mol. The Hall–Kier alpha value is -3.66. The van der Waals surface area contributed by atoms with E-state index >= 15 is 0 Å². The molecule has 4 N–H and O–H groups in total. The van der Waals surface area contributed by atoms with Crippen LogP contribution in [0.5, 0.6) is 5.75 Å². The van der Waals surface area contributed by atoms with Crippen LogP contribution in [-0.4, -0.2) is 51.4 Å². The first-order chi connectivity index (χ1) is 17.4. The molecular weight excluding hydrogens is 483 g/mol. The zero-order valence-electron chi connectivity index (χ0n) is 19.7. The third-order valence-corrected chi connectivity index (χ3v) is 6.76. The minimum absolute atomic E-state index is 0.0746. The van der Waals surface area contributed by atoms with Crippen molar-refractivity contribution >= 4 is 17.4 Å². The number of aromatic hydroxyl groups is 1. The second kappa shape index (κ2) is 9.77. The van der Waals surface area contributed by atoms with Crippen LogP contribution in [0.3, 0.4) is 0 Å². The number of nitrogens with one attached hydrogen (secondary N) is 1. The molecule has 2 aromatic carbocycles. The maximum Gasteiger partial charge on any atom is 0.332 e. The van der Waals surface area contributed by atoms with Crippen molar-refractivity contribution in [2.24, 2.45) is 12.8 Å². The van der Waals surface area contributed by atoms with E-state index in [9.17, 15) is 14.3 Å². The fraction of sp³-hybridized carbons (Fsp3) is 0.231. The smallest absolute Gasteiger partial charge is 0.332 e. The maximum atomic E-state index is 14.8. The van der Waals surface area contributed by atoms with Gasteiger partial charge in [0, 0.05) is 69.0 Å². The maximum absolute atomic E-state index is 14.8. The molecule has 0 saturated carbocycles. The number of hydrogen-bond donors (Lipinski definition) is 3. The molecule has 1 saturated heterocycles. The molecule has 1 aliphatic rings. The van der Waals surface area contributed by atoms with Gasteiger partial charge >= 0.3 is 5.69 Å². The fourth-order valence-electron chi connectivity index (χ4n) is 4.51. The molecular formula is C26H26ClFN6O2. The Labute approximate surface area is 212 Å². The van der Waals surface area contributed by atoms with Gasteiger partial charge < -0.3 is 25.6 Å². The van der Waals surface area contributed by atoms with Gasteiger partial charge in [-0.15, -0.1) is 0 Å². The van der Waals surface area contributed by atoms with Crippen molar-refractivity contribution < 1.29 is 9.50 Å². The highest BCUT2D eigenvalue weighted by atomic mass is 35.5. The van der Waals surface area contributed by atoms with Gasteiger partial charge in [0.05, 0.1) is 10.7 Å². The number of anilines is 1. The molecule has 0 spiro atoms. The topological polar surface area (TPSA) is 101 Å². The highest BCUT2D eigenvalue weighted by Crippen LogP contribution is 2.40. The molecule has 0 amide bonds. The molecule has 3 heterocycles. The van der Waals surface area contributed by atoms with Gasteiger partial charge in [-0.25, -0.2) is 14.2 Å². The number of benzene rings is 2. The summed E-state index contributed by atoms with van der Waals surface area (Å²) in [5.74, 6) is 0.161. The van der Waals surface area contributed by atoms with Crippen LogP contribution in [0.15, 0.2) is 65.8 Å². The van der Waals surface area contributed by atoms with Crippen LogP contribution in [-0.2, 0) is 7.05 Å². The van der Waals surface area contributed by atoms with Gasteiger partial charge in [-0.05, 0) is 47.5 Å². The number of aryl methyl sites for hydroxylation is 1. The lowest BCUT2D eigenvalue weighted by molar-refractivity contribution is 0.461. The molecule has 1 atom stereocenters. The van der Waals surface area contributed by atoms with Crippen LogP contribution < -0.4 is 21.6 Å². The zero-order valence-corrected chi connectivity index (χ0v) is 20.4. The van der Waals surface area contributed by atoms with Crippen LogP contribution in [0.25, 0.3) is 27.9 Å². The van der Waals surface area contributed by atoms with Crippen molar-refractivity contribution in [2.45, 2.75) is 6.04 Å². The van der Waals surface area contributed by atoms with Crippen molar-refractivity contribution in [1.82, 2.24) is 19.4 Å². The molecule has 0 aliphatic carbocycles. The fourth-order valence-corrected chi connectivity index (χ4v) is 4.78. The van der Waals surface area contributed by atoms with Crippen molar-refractivity contribution in [1.29, 1.82) is 0 Å². The number of nitrogens with two attached hydrogens (primary N) is 1. The Morgan fingerprint density at radius 2 is 1.92 bits per heavy atom. The Morgan fingerprint density at radius 3 is 2.58 bits per heavy atom. The number of phenols is 1. The van der Waals surface area contributed by atoms with Gasteiger partial charge in [0.1, 0.15) is 17.4 Å². The largest absolute Gasteiger partial charge is 0.507 e. The Bertz CT molecular complexity index is 1480. The highest BCUT2D eigenvalue weighted by molar-refractivity contribution is 6.32. The third kappa shape index (κ3) is 4.48. The van der Waals surface area contributed by atoms with Gasteiger partial charge in [-0.3, -0.25) is 4.57 Å². The monoisotopic (exact) mass is 508 g/mol. The third-order valence-electron chi connectivity index (χ3n) is 6.46. The molecule has 0 unspecified atom stereocenters. The van der Waals surface area contributed by atoms with Crippen molar-refractivity contribution in [3.8, 4) is 33.7 Å². The summed E-state index contributed by atoms with van der Waals surface area (Å²) in [7, 11) is 1.65. The zero-order chi connectivity index (χ0) is 25.4. The Morgan fingerprint density at radius 1 is 1.17 bits per heavy atom. The summed E-state index contributed by atoms with van der Waals surface area (Å²) in [4.78, 5) is 18.9. The number of halogens is 2. The van der Waals surface area contributed by atoms with Gasteiger partial charge in [0.15, 0.2) is 0 Å². The second-order valence-electron chi connectivity index (χ2n) is 8.81. The van der Waals surface area contributed by atoms with Crippen molar-refractivity contribution in [2.75, 3.05) is 31.1 Å². The van der Waals surface area contributed by atoms with E-state index in [2.05, 4.69) is 15.2 Å². The second-order valence-corrected chi connectivity index (χ2v) is 9.22. The standard InChI is InChI=1S/C26H26ClFN6O2/c1-32-8-9-34(26(32)36)23-3-2-16(10-22(23)27)20-12-18(28)13-21(25(20)35)17-4-5-31-24(11-17)33-7-6-30-19(14-29)15-33/h2-5,8-13,19,30,35H,6-7,14-15,29H2,1H3/t19-/m1/s1. The Balaban J connectivity index is 1.52. The van der Waals surface area contributed by atoms with Crippen molar-refractivity contribution in [3.63, 3.8) is 0 Å². The molecule has 0 bridgehead atoms. The molecule has 0 radical (unpaired) electrons. The van der Waals surface area contributed by atoms with E-state index in [-0.39, 0.29) is 17.5 Å². The van der Waals surface area contributed by atoms with Crippen LogP contribution in [0.1, 0.15) is 0 Å². The van der Waals surface area contributed by atoms with Gasteiger partial charge in [-0.2, -0.15) is 0 Å². The summed E-state index contributed by atoms with van der Waals surface area (Å²) < 4.78 is 17.7. The van der Waals surface area contributed by atoms with E-state index in [1.54, 1.807) is 49.9 Å². The van der Waals surface area contributed by atoms with E-state index in [0.29, 0.717) is 46.1 Å². The molecule has 8 nitrogen and oxygen atoms in total. The van der Waals surface area contributed by atoms with Gasteiger partial charge in [0.25, 0.3) is 0 Å². The highest BCUT2D eigenvalue weighted by Gasteiger charge is 2.21. The first kappa shape index (κ1) is 24.1. The normalized spacial score (nSPS) is 15.9. The summed E-state index contributed by atoms with van der Waals surface area (Å²) in [6.07, 6.45) is 4.91. The Kier molecular flexibility index (Phi) is 6.53. The average molecular weight is 509 g/mol. The van der Waals surface area contributed by atoms with E-state index < -0.39 is 5.82 Å². The van der Waals surface area contributed by atoms with Crippen LogP contribution in [0.4, 0.5) is 10.2 Å². The molecule has 5 rings (SSSR count). The number of imidazole rings is 1. The molecule has 1 aliphatic heterocycles. The number of piperazine rings is 1. The summed E-state index contributed by atoms with van der Waals surface area (Å²) in [5, 5.41) is 14.9. The molecule has 186 valence electrons. The van der Waals surface area contributed by atoms with Crippen LogP contribution in [0, 0.1) is 5.82 Å². The van der Waals surface area contributed by atoms with Crippen LogP contribution in [0.2, 0.25) is 5.02 Å². The number of aromatic nitrogens is 3. The number of phenolic OH excluding ortho intramolecular Hbond substituents is 1. The van der Waals surface area contributed by atoms with E-state index in [1.165, 1.54) is 21.3 Å². The molecule has 10 heteroatoms. The van der Waals surface area contributed by atoms with E-state index in [1.807, 2.05) is 6.07 Å². The van der Waals surface area contributed by atoms with E-state index in [4.69, 9.17) is 17.3 Å². The number of nitrogens with zero attached hydrogens (tertiary/aromatic N) is 4. The lowest BCUT2D eigenvalue weighted by Crippen LogP contribution is -2.54. The lowest BCUT2D eigenvalue weighted by Gasteiger charge is -2.34. The lowest BCUT2D eigenvalue weighted by atomic mass is 9.97. The van der Waals surface area contributed by atoms with Gasteiger partial charge in [0.2, 0.25) is 0 Å². The molecule has 4 aromatic rings. The molecule has 36 heavy (non-hydrogen) atoms. The van der Waals surface area contributed by atoms with E-state index in [0.717, 1.165) is 18.9 Å².